The van der Waals surface area contributed by atoms with Gasteiger partial charge in [0, 0.05) is 18.0 Å². The summed E-state index contributed by atoms with van der Waals surface area (Å²) in [5, 5.41) is 0. The van der Waals surface area contributed by atoms with Crippen LogP contribution in [0.25, 0.3) is 0 Å². The molecule has 1 aliphatic heterocycles. The van der Waals surface area contributed by atoms with E-state index in [1.807, 2.05) is 27.7 Å². The van der Waals surface area contributed by atoms with E-state index in [0.29, 0.717) is 6.42 Å². The lowest BCUT2D eigenvalue weighted by Gasteiger charge is -2.34. The van der Waals surface area contributed by atoms with Gasteiger partial charge in [0.1, 0.15) is 0 Å². The number of amides is 1. The molecule has 1 aliphatic rings. The lowest BCUT2D eigenvalue weighted by atomic mass is 9.84. The molecule has 0 spiro atoms. The highest BCUT2D eigenvalue weighted by Crippen LogP contribution is 2.24. The van der Waals surface area contributed by atoms with Crippen molar-refractivity contribution in [3.05, 3.63) is 0 Å². The largest absolute Gasteiger partial charge is 0.333 e. The fraction of sp³-hybridized carbons (Fsp3) is 0.846. The second-order valence-electron chi connectivity index (χ2n) is 5.41. The number of piperidine rings is 1. The number of hydrogen-bond donors (Lipinski definition) is 0. The summed E-state index contributed by atoms with van der Waals surface area (Å²) < 4.78 is 0. The van der Waals surface area contributed by atoms with Crippen molar-refractivity contribution >= 4 is 11.7 Å². The van der Waals surface area contributed by atoms with Gasteiger partial charge >= 0.3 is 0 Å². The number of nitrogens with zero attached hydrogens (tertiary/aromatic N) is 1. The summed E-state index contributed by atoms with van der Waals surface area (Å²) in [7, 11) is 0. The van der Waals surface area contributed by atoms with Crippen molar-refractivity contribution < 1.29 is 9.59 Å². The zero-order valence-electron chi connectivity index (χ0n) is 10.9. The van der Waals surface area contributed by atoms with Crippen LogP contribution in [0, 0.1) is 5.41 Å². The Labute approximate surface area is 98.2 Å². The number of hydrogen-bond acceptors (Lipinski definition) is 2. The van der Waals surface area contributed by atoms with Crippen molar-refractivity contribution in [3.8, 4) is 0 Å². The number of Topliss-reactive ketones (excluding diaryl/α,β-unsaturated/α-hetero) is 1. The third-order valence-electron chi connectivity index (χ3n) is 3.76. The fourth-order valence-corrected chi connectivity index (χ4v) is 1.98. The molecule has 0 aromatic heterocycles. The van der Waals surface area contributed by atoms with Gasteiger partial charge in [0.2, 0.25) is 5.78 Å². The summed E-state index contributed by atoms with van der Waals surface area (Å²) in [4.78, 5) is 25.9. The van der Waals surface area contributed by atoms with E-state index in [9.17, 15) is 9.59 Å². The average Bonchev–Trinajstić information content (AvgIpc) is 2.27. The maximum absolute atomic E-state index is 12.1. The molecule has 0 N–H and O–H groups in total. The van der Waals surface area contributed by atoms with E-state index in [2.05, 4.69) is 0 Å². The molecule has 1 amide bonds. The van der Waals surface area contributed by atoms with Crippen LogP contribution in [0.2, 0.25) is 0 Å². The molecule has 1 rings (SSSR count). The third-order valence-corrected chi connectivity index (χ3v) is 3.76. The van der Waals surface area contributed by atoms with Gasteiger partial charge in [-0.1, -0.05) is 20.8 Å². The van der Waals surface area contributed by atoms with E-state index in [1.165, 1.54) is 0 Å². The maximum atomic E-state index is 12.1. The number of carbonyl (C=O) groups excluding carboxylic acids is 2. The highest BCUT2D eigenvalue weighted by atomic mass is 16.2. The Balaban J connectivity index is 2.73. The molecule has 0 aliphatic carbocycles. The minimum absolute atomic E-state index is 0.220. The van der Waals surface area contributed by atoms with Gasteiger partial charge in [-0.3, -0.25) is 9.59 Å². The Morgan fingerprint density at radius 1 is 1.31 bits per heavy atom. The first-order valence-electron chi connectivity index (χ1n) is 6.25. The Hall–Kier alpha value is -0.860. The lowest BCUT2D eigenvalue weighted by Crippen LogP contribution is -2.48. The van der Waals surface area contributed by atoms with Gasteiger partial charge in [-0.2, -0.15) is 0 Å². The molecule has 92 valence electrons. The smallest absolute Gasteiger partial charge is 0.290 e. The Morgan fingerprint density at radius 3 is 2.44 bits per heavy atom. The Kier molecular flexibility index (Phi) is 4.11. The zero-order chi connectivity index (χ0) is 12.3. The molecule has 1 unspecified atom stereocenters. The van der Waals surface area contributed by atoms with Crippen molar-refractivity contribution in [3.63, 3.8) is 0 Å². The molecule has 0 aromatic rings. The van der Waals surface area contributed by atoms with Crippen LogP contribution in [-0.4, -0.2) is 29.2 Å². The van der Waals surface area contributed by atoms with Crippen molar-refractivity contribution in [2.24, 2.45) is 5.41 Å². The van der Waals surface area contributed by atoms with Gasteiger partial charge in [-0.25, -0.2) is 0 Å². The van der Waals surface area contributed by atoms with Gasteiger partial charge in [-0.15, -0.1) is 0 Å². The first-order valence-corrected chi connectivity index (χ1v) is 6.25. The van der Waals surface area contributed by atoms with Crippen LogP contribution < -0.4 is 0 Å². The number of carbonyl (C=O) groups is 2. The molecule has 3 heteroatoms. The van der Waals surface area contributed by atoms with Crippen LogP contribution in [0.1, 0.15) is 53.4 Å². The molecule has 1 heterocycles. The minimum Gasteiger partial charge on any atom is -0.333 e. The summed E-state index contributed by atoms with van der Waals surface area (Å²) in [5.74, 6) is -0.511. The fourth-order valence-electron chi connectivity index (χ4n) is 1.98. The van der Waals surface area contributed by atoms with Crippen LogP contribution in [0.4, 0.5) is 0 Å². The molecule has 0 aromatic carbocycles. The molecule has 1 saturated heterocycles. The summed E-state index contributed by atoms with van der Waals surface area (Å²) in [5.41, 5.74) is -0.520. The number of ketones is 1. The van der Waals surface area contributed by atoms with Crippen LogP contribution in [-0.2, 0) is 9.59 Å². The molecule has 1 fully saturated rings. The molecule has 1 atom stereocenters. The van der Waals surface area contributed by atoms with Crippen molar-refractivity contribution in [1.29, 1.82) is 0 Å². The Morgan fingerprint density at radius 2 is 1.94 bits per heavy atom. The van der Waals surface area contributed by atoms with E-state index in [0.717, 1.165) is 25.8 Å². The molecule has 0 bridgehead atoms. The highest BCUT2D eigenvalue weighted by molar-refractivity contribution is 6.38. The topological polar surface area (TPSA) is 37.4 Å². The number of rotatable bonds is 3. The van der Waals surface area contributed by atoms with Crippen molar-refractivity contribution in [2.75, 3.05) is 6.54 Å². The van der Waals surface area contributed by atoms with Crippen LogP contribution >= 0.6 is 0 Å². The zero-order valence-corrected chi connectivity index (χ0v) is 10.9. The predicted octanol–water partition coefficient (Wildman–Crippen LogP) is 2.39. The quantitative estimate of drug-likeness (QED) is 0.692. The minimum atomic E-state index is -0.520. The second kappa shape index (κ2) is 4.98. The van der Waals surface area contributed by atoms with Crippen molar-refractivity contribution in [2.45, 2.75) is 59.4 Å². The van der Waals surface area contributed by atoms with Gasteiger partial charge in [0.25, 0.3) is 5.91 Å². The van der Waals surface area contributed by atoms with Crippen molar-refractivity contribution in [1.82, 2.24) is 4.90 Å². The van der Waals surface area contributed by atoms with Crippen LogP contribution in [0.15, 0.2) is 0 Å². The lowest BCUT2D eigenvalue weighted by molar-refractivity contribution is -0.151. The first-order chi connectivity index (χ1) is 7.40. The molecule has 0 saturated carbocycles. The van der Waals surface area contributed by atoms with E-state index in [1.54, 1.807) is 4.90 Å². The highest BCUT2D eigenvalue weighted by Gasteiger charge is 2.36. The van der Waals surface area contributed by atoms with Gasteiger partial charge in [0.05, 0.1) is 0 Å². The van der Waals surface area contributed by atoms with E-state index in [-0.39, 0.29) is 17.7 Å². The van der Waals surface area contributed by atoms with E-state index in [4.69, 9.17) is 0 Å². The van der Waals surface area contributed by atoms with Crippen LogP contribution in [0.5, 0.6) is 0 Å². The maximum Gasteiger partial charge on any atom is 0.290 e. The molecular formula is C13H23NO2. The normalized spacial score (nSPS) is 22.0. The average molecular weight is 225 g/mol. The summed E-state index contributed by atoms with van der Waals surface area (Å²) in [6.45, 7) is 8.42. The first kappa shape index (κ1) is 13.2. The standard InChI is InChI=1S/C13H23NO2/c1-5-13(3,4)11(15)12(16)14-9-7-6-8-10(14)2/h10H,5-9H2,1-4H3. The SMILES string of the molecule is CCC(C)(C)C(=O)C(=O)N1CCCCC1C. The van der Waals surface area contributed by atoms with Gasteiger partial charge in [-0.05, 0) is 32.6 Å². The second-order valence-corrected chi connectivity index (χ2v) is 5.41. The molecule has 0 radical (unpaired) electrons. The molecule has 16 heavy (non-hydrogen) atoms. The van der Waals surface area contributed by atoms with Crippen LogP contribution in [0.3, 0.4) is 0 Å². The van der Waals surface area contributed by atoms with Gasteiger partial charge < -0.3 is 4.90 Å². The van der Waals surface area contributed by atoms with Gasteiger partial charge in [0.15, 0.2) is 0 Å². The number of likely N-dealkylation sites (tertiary alicyclic amines) is 1. The molecule has 3 nitrogen and oxygen atoms in total. The van der Waals surface area contributed by atoms with E-state index >= 15 is 0 Å². The monoisotopic (exact) mass is 225 g/mol. The summed E-state index contributed by atoms with van der Waals surface area (Å²) >= 11 is 0. The predicted molar refractivity (Wildman–Crippen MR) is 64.1 cm³/mol. The third kappa shape index (κ3) is 2.63. The Bertz CT molecular complexity index is 284. The molecular weight excluding hydrogens is 202 g/mol. The summed E-state index contributed by atoms with van der Waals surface area (Å²) in [6, 6.07) is 0.220. The van der Waals surface area contributed by atoms with E-state index < -0.39 is 5.41 Å². The summed E-state index contributed by atoms with van der Waals surface area (Å²) in [6.07, 6.45) is 3.91.